The van der Waals surface area contributed by atoms with Gasteiger partial charge in [-0.15, -0.1) is 13.2 Å². The molecular formula is C11H5F6N2O. The summed E-state index contributed by atoms with van der Waals surface area (Å²) in [5.74, 6) is -0.536. The van der Waals surface area contributed by atoms with Gasteiger partial charge in [-0.1, -0.05) is 0 Å². The number of ether oxygens (including phenoxy) is 1. The Kier molecular flexibility index (Phi) is 3.36. The van der Waals surface area contributed by atoms with Crippen LogP contribution in [0.5, 0.6) is 5.75 Å². The molecule has 1 aromatic heterocycles. The van der Waals surface area contributed by atoms with Crippen LogP contribution in [0.4, 0.5) is 26.3 Å². The summed E-state index contributed by atoms with van der Waals surface area (Å²) in [5, 5.41) is 3.44. The molecule has 0 aliphatic carbocycles. The van der Waals surface area contributed by atoms with E-state index in [0.29, 0.717) is 4.68 Å². The minimum absolute atomic E-state index is 0.0619. The number of rotatable bonds is 2. The maximum Gasteiger partial charge on any atom is 0.573 e. The van der Waals surface area contributed by atoms with Gasteiger partial charge in [0.25, 0.3) is 0 Å². The van der Waals surface area contributed by atoms with Gasteiger partial charge in [0.2, 0.25) is 0 Å². The van der Waals surface area contributed by atoms with E-state index in [4.69, 9.17) is 0 Å². The molecular weight excluding hydrogens is 290 g/mol. The predicted octanol–water partition coefficient (Wildman–Crippen LogP) is 3.59. The van der Waals surface area contributed by atoms with E-state index in [1.807, 2.05) is 6.07 Å². The van der Waals surface area contributed by atoms with E-state index in [9.17, 15) is 26.3 Å². The topological polar surface area (TPSA) is 27.1 Å². The SMILES string of the molecule is FC(F)(F)Oc1ccc(-n2nc[c]c2C(F)(F)F)cc1. The molecule has 0 fully saturated rings. The molecule has 0 saturated heterocycles. The van der Waals surface area contributed by atoms with Gasteiger partial charge in [-0.05, 0) is 24.3 Å². The van der Waals surface area contributed by atoms with Crippen molar-refractivity contribution in [2.75, 3.05) is 0 Å². The van der Waals surface area contributed by atoms with Crippen LogP contribution in [-0.2, 0) is 6.18 Å². The molecule has 0 atom stereocenters. The standard InChI is InChI=1S/C11H5F6N2O/c12-10(13,14)9-5-6-18-19(9)7-1-3-8(4-2-7)20-11(15,16)17/h1-4,6H. The van der Waals surface area contributed by atoms with Crippen molar-refractivity contribution >= 4 is 0 Å². The fourth-order valence-corrected chi connectivity index (χ4v) is 1.45. The van der Waals surface area contributed by atoms with Crippen molar-refractivity contribution in [1.82, 2.24) is 9.78 Å². The summed E-state index contributed by atoms with van der Waals surface area (Å²) in [6, 6.07) is 5.75. The van der Waals surface area contributed by atoms with Gasteiger partial charge in [0.1, 0.15) is 5.75 Å². The maximum atomic E-state index is 12.6. The number of alkyl halides is 6. The Morgan fingerprint density at radius 2 is 1.60 bits per heavy atom. The first-order chi connectivity index (χ1) is 9.17. The van der Waals surface area contributed by atoms with Crippen molar-refractivity contribution in [3.8, 4) is 11.4 Å². The van der Waals surface area contributed by atoms with Crippen LogP contribution in [-0.4, -0.2) is 16.1 Å². The van der Waals surface area contributed by atoms with Gasteiger partial charge in [-0.25, -0.2) is 4.68 Å². The van der Waals surface area contributed by atoms with Crippen LogP contribution in [0.2, 0.25) is 0 Å². The second-order valence-electron chi connectivity index (χ2n) is 3.59. The van der Waals surface area contributed by atoms with Crippen LogP contribution in [0.3, 0.4) is 0 Å². The van der Waals surface area contributed by atoms with Gasteiger partial charge in [-0.3, -0.25) is 0 Å². The fraction of sp³-hybridized carbons (Fsp3) is 0.182. The highest BCUT2D eigenvalue weighted by Gasteiger charge is 2.35. The molecule has 2 aromatic rings. The van der Waals surface area contributed by atoms with Crippen LogP contribution < -0.4 is 4.74 Å². The molecule has 0 N–H and O–H groups in total. The first kappa shape index (κ1) is 14.2. The number of hydrogen-bond donors (Lipinski definition) is 0. The third kappa shape index (κ3) is 3.22. The summed E-state index contributed by atoms with van der Waals surface area (Å²) >= 11 is 0. The fourth-order valence-electron chi connectivity index (χ4n) is 1.45. The number of hydrogen-bond acceptors (Lipinski definition) is 2. The minimum atomic E-state index is -4.86. The van der Waals surface area contributed by atoms with E-state index in [-0.39, 0.29) is 5.69 Å². The van der Waals surface area contributed by atoms with Crippen LogP contribution in [0.1, 0.15) is 5.69 Å². The van der Waals surface area contributed by atoms with Gasteiger partial charge in [0, 0.05) is 6.07 Å². The molecule has 0 spiro atoms. The first-order valence-corrected chi connectivity index (χ1v) is 5.06. The molecule has 1 radical (unpaired) electrons. The van der Waals surface area contributed by atoms with Gasteiger partial charge >= 0.3 is 12.5 Å². The molecule has 0 unspecified atom stereocenters. The molecule has 20 heavy (non-hydrogen) atoms. The number of aromatic nitrogens is 2. The van der Waals surface area contributed by atoms with Crippen LogP contribution in [0.25, 0.3) is 5.69 Å². The van der Waals surface area contributed by atoms with Crippen LogP contribution >= 0.6 is 0 Å². The van der Waals surface area contributed by atoms with E-state index >= 15 is 0 Å². The summed E-state index contributed by atoms with van der Waals surface area (Å²) in [6.45, 7) is 0. The zero-order chi connectivity index (χ0) is 15.0. The van der Waals surface area contributed by atoms with E-state index in [0.717, 1.165) is 30.5 Å². The van der Waals surface area contributed by atoms with Gasteiger partial charge in [-0.2, -0.15) is 18.3 Å². The zero-order valence-electron chi connectivity index (χ0n) is 9.46. The van der Waals surface area contributed by atoms with E-state index in [1.165, 1.54) is 0 Å². The Hall–Kier alpha value is -2.19. The van der Waals surface area contributed by atoms with Crippen molar-refractivity contribution < 1.29 is 31.1 Å². The predicted molar refractivity (Wildman–Crippen MR) is 54.1 cm³/mol. The molecule has 0 saturated carbocycles. The van der Waals surface area contributed by atoms with Crippen molar-refractivity contribution in [3.63, 3.8) is 0 Å². The quantitative estimate of drug-likeness (QED) is 0.792. The molecule has 9 heteroatoms. The molecule has 2 rings (SSSR count). The van der Waals surface area contributed by atoms with Crippen molar-refractivity contribution in [1.29, 1.82) is 0 Å². The van der Waals surface area contributed by atoms with Gasteiger partial charge in [0.15, 0.2) is 5.69 Å². The molecule has 0 amide bonds. The van der Waals surface area contributed by atoms with Crippen molar-refractivity contribution in [2.45, 2.75) is 12.5 Å². The molecule has 1 aromatic carbocycles. The molecule has 0 aliphatic heterocycles. The van der Waals surface area contributed by atoms with Crippen LogP contribution in [0, 0.1) is 6.07 Å². The monoisotopic (exact) mass is 295 g/mol. The second kappa shape index (κ2) is 4.73. The van der Waals surface area contributed by atoms with Crippen LogP contribution in [0.15, 0.2) is 30.5 Å². The average molecular weight is 295 g/mol. The normalized spacial score (nSPS) is 12.5. The van der Waals surface area contributed by atoms with Gasteiger partial charge in [0.05, 0.1) is 11.9 Å². The Morgan fingerprint density at radius 1 is 1.00 bits per heavy atom. The zero-order valence-corrected chi connectivity index (χ0v) is 9.46. The Balaban J connectivity index is 2.30. The average Bonchev–Trinajstić information content (AvgIpc) is 2.76. The van der Waals surface area contributed by atoms with Crippen molar-refractivity contribution in [3.05, 3.63) is 42.2 Å². The summed E-state index contributed by atoms with van der Waals surface area (Å²) in [7, 11) is 0. The van der Waals surface area contributed by atoms with E-state index in [1.54, 1.807) is 0 Å². The number of nitrogens with zero attached hydrogens (tertiary/aromatic N) is 2. The highest BCUT2D eigenvalue weighted by Crippen LogP contribution is 2.31. The lowest BCUT2D eigenvalue weighted by Crippen LogP contribution is -2.17. The molecule has 107 valence electrons. The highest BCUT2D eigenvalue weighted by atomic mass is 19.4. The largest absolute Gasteiger partial charge is 0.573 e. The molecule has 3 nitrogen and oxygen atoms in total. The smallest absolute Gasteiger partial charge is 0.406 e. The summed E-state index contributed by atoms with van der Waals surface area (Å²) in [6.07, 6.45) is -8.71. The Bertz CT molecular complexity index is 584. The maximum absolute atomic E-state index is 12.6. The molecule has 0 bridgehead atoms. The summed E-state index contributed by atoms with van der Waals surface area (Å²) in [5.41, 5.74) is -1.21. The van der Waals surface area contributed by atoms with Gasteiger partial charge < -0.3 is 4.74 Å². The van der Waals surface area contributed by atoms with Crippen molar-refractivity contribution in [2.24, 2.45) is 0 Å². The third-order valence-corrected chi connectivity index (χ3v) is 2.17. The third-order valence-electron chi connectivity index (χ3n) is 2.17. The minimum Gasteiger partial charge on any atom is -0.406 e. The highest BCUT2D eigenvalue weighted by molar-refractivity contribution is 5.38. The molecule has 1 heterocycles. The molecule has 0 aliphatic rings. The summed E-state index contributed by atoms with van der Waals surface area (Å²) in [4.78, 5) is 0. The second-order valence-corrected chi connectivity index (χ2v) is 3.59. The Morgan fingerprint density at radius 3 is 2.10 bits per heavy atom. The number of benzene rings is 1. The Labute approximate surface area is 108 Å². The van der Waals surface area contributed by atoms with E-state index in [2.05, 4.69) is 9.84 Å². The van der Waals surface area contributed by atoms with E-state index < -0.39 is 24.0 Å². The number of halogens is 6. The lowest BCUT2D eigenvalue weighted by atomic mass is 10.3. The first-order valence-electron chi connectivity index (χ1n) is 5.06. The lowest BCUT2D eigenvalue weighted by molar-refractivity contribution is -0.274. The summed E-state index contributed by atoms with van der Waals surface area (Å²) < 4.78 is 77.8. The lowest BCUT2D eigenvalue weighted by Gasteiger charge is -2.11.